The summed E-state index contributed by atoms with van der Waals surface area (Å²) in [4.78, 5) is 2.37. The highest BCUT2D eigenvalue weighted by Crippen LogP contribution is 2.26. The summed E-state index contributed by atoms with van der Waals surface area (Å²) in [5.74, 6) is 0.667. The predicted molar refractivity (Wildman–Crippen MR) is 74.0 cm³/mol. The summed E-state index contributed by atoms with van der Waals surface area (Å²) in [6.07, 6.45) is 2.13. The molecular formula is C15H23NO2. The van der Waals surface area contributed by atoms with Crippen molar-refractivity contribution in [2.45, 2.75) is 25.7 Å². The second-order valence-electron chi connectivity index (χ2n) is 5.29. The van der Waals surface area contributed by atoms with E-state index in [1.54, 1.807) is 0 Å². The number of hydrogen-bond donors (Lipinski definition) is 2. The Labute approximate surface area is 109 Å². The van der Waals surface area contributed by atoms with Gasteiger partial charge in [0.15, 0.2) is 0 Å². The van der Waals surface area contributed by atoms with E-state index in [9.17, 15) is 5.11 Å². The Hall–Kier alpha value is -1.06. The second kappa shape index (κ2) is 6.21. The third-order valence-corrected chi connectivity index (χ3v) is 3.95. The van der Waals surface area contributed by atoms with Gasteiger partial charge in [-0.3, -0.25) is 0 Å². The summed E-state index contributed by atoms with van der Waals surface area (Å²) < 4.78 is 0. The quantitative estimate of drug-likeness (QED) is 0.857. The lowest BCUT2D eigenvalue weighted by Gasteiger charge is -2.33. The zero-order chi connectivity index (χ0) is 13.0. The van der Waals surface area contributed by atoms with Gasteiger partial charge in [-0.2, -0.15) is 0 Å². The van der Waals surface area contributed by atoms with Gasteiger partial charge in [-0.25, -0.2) is 0 Å². The number of aliphatic hydroxyl groups excluding tert-OH is 2. The highest BCUT2D eigenvalue weighted by atomic mass is 16.3. The standard InChI is InChI=1S/C15H23NO2/c1-12(10-17)14-3-2-4-15(9-14)16-7-5-13(11-18)6-8-16/h2-4,9,12-13,17-18H,5-8,10-11H2,1H3. The van der Waals surface area contributed by atoms with Crippen molar-refractivity contribution in [1.82, 2.24) is 0 Å². The van der Waals surface area contributed by atoms with Gasteiger partial charge in [-0.15, -0.1) is 0 Å². The molecular weight excluding hydrogens is 226 g/mol. The maximum absolute atomic E-state index is 9.21. The Morgan fingerprint density at radius 2 is 2.00 bits per heavy atom. The van der Waals surface area contributed by atoms with Crippen LogP contribution in [0.15, 0.2) is 24.3 Å². The molecule has 100 valence electrons. The van der Waals surface area contributed by atoms with E-state index in [0.717, 1.165) is 25.9 Å². The van der Waals surface area contributed by atoms with Crippen molar-refractivity contribution in [3.63, 3.8) is 0 Å². The van der Waals surface area contributed by atoms with Gasteiger partial charge in [0, 0.05) is 37.9 Å². The van der Waals surface area contributed by atoms with Crippen LogP contribution in [0.25, 0.3) is 0 Å². The fraction of sp³-hybridized carbons (Fsp3) is 0.600. The van der Waals surface area contributed by atoms with Crippen LogP contribution in [0.4, 0.5) is 5.69 Å². The molecule has 0 amide bonds. The zero-order valence-corrected chi connectivity index (χ0v) is 11.0. The monoisotopic (exact) mass is 249 g/mol. The van der Waals surface area contributed by atoms with E-state index < -0.39 is 0 Å². The number of anilines is 1. The van der Waals surface area contributed by atoms with E-state index in [0.29, 0.717) is 12.5 Å². The first kappa shape index (κ1) is 13.4. The first-order valence-electron chi connectivity index (χ1n) is 6.81. The normalized spacial score (nSPS) is 18.9. The number of benzene rings is 1. The van der Waals surface area contributed by atoms with Gasteiger partial charge in [0.1, 0.15) is 0 Å². The molecule has 3 nitrogen and oxygen atoms in total. The summed E-state index contributed by atoms with van der Waals surface area (Å²) >= 11 is 0. The van der Waals surface area contributed by atoms with Gasteiger partial charge in [-0.1, -0.05) is 19.1 Å². The summed E-state index contributed by atoms with van der Waals surface area (Å²) in [5.41, 5.74) is 2.43. The third kappa shape index (κ3) is 3.03. The SMILES string of the molecule is CC(CO)c1cccc(N2CCC(CO)CC2)c1. The van der Waals surface area contributed by atoms with E-state index in [4.69, 9.17) is 5.11 Å². The highest BCUT2D eigenvalue weighted by Gasteiger charge is 2.19. The van der Waals surface area contributed by atoms with Gasteiger partial charge in [0.05, 0.1) is 0 Å². The Bertz CT molecular complexity index is 373. The molecule has 2 rings (SSSR count). The summed E-state index contributed by atoms with van der Waals surface area (Å²) in [6, 6.07) is 8.45. The van der Waals surface area contributed by atoms with Crippen LogP contribution in [-0.4, -0.2) is 36.5 Å². The van der Waals surface area contributed by atoms with E-state index in [-0.39, 0.29) is 12.5 Å². The highest BCUT2D eigenvalue weighted by molar-refractivity contribution is 5.49. The lowest BCUT2D eigenvalue weighted by atomic mass is 9.96. The molecule has 0 radical (unpaired) electrons. The van der Waals surface area contributed by atoms with Gasteiger partial charge in [-0.05, 0) is 36.5 Å². The van der Waals surface area contributed by atoms with Crippen molar-refractivity contribution in [1.29, 1.82) is 0 Å². The Morgan fingerprint density at radius 3 is 2.61 bits per heavy atom. The molecule has 1 unspecified atom stereocenters. The molecule has 1 fully saturated rings. The van der Waals surface area contributed by atoms with E-state index >= 15 is 0 Å². The molecule has 1 saturated heterocycles. The minimum Gasteiger partial charge on any atom is -0.396 e. The number of piperidine rings is 1. The van der Waals surface area contributed by atoms with Crippen LogP contribution < -0.4 is 4.90 Å². The molecule has 1 atom stereocenters. The molecule has 0 aliphatic carbocycles. The van der Waals surface area contributed by atoms with Crippen LogP contribution >= 0.6 is 0 Å². The minimum absolute atomic E-state index is 0.191. The molecule has 1 aliphatic heterocycles. The number of rotatable bonds is 4. The Morgan fingerprint density at radius 1 is 1.28 bits per heavy atom. The molecule has 0 spiro atoms. The molecule has 3 heteroatoms. The van der Waals surface area contributed by atoms with E-state index in [2.05, 4.69) is 29.2 Å². The lowest BCUT2D eigenvalue weighted by molar-refractivity contribution is 0.203. The fourth-order valence-corrected chi connectivity index (χ4v) is 2.51. The number of hydrogen-bond acceptors (Lipinski definition) is 3. The minimum atomic E-state index is 0.191. The molecule has 0 aromatic heterocycles. The Kier molecular flexibility index (Phi) is 4.61. The van der Waals surface area contributed by atoms with Crippen LogP contribution in [0.3, 0.4) is 0 Å². The van der Waals surface area contributed by atoms with Crippen molar-refractivity contribution in [3.8, 4) is 0 Å². The van der Waals surface area contributed by atoms with Crippen LogP contribution in [0, 0.1) is 5.92 Å². The van der Waals surface area contributed by atoms with E-state index in [1.807, 2.05) is 6.92 Å². The Balaban J connectivity index is 2.05. The maximum Gasteiger partial charge on any atom is 0.0497 e. The molecule has 18 heavy (non-hydrogen) atoms. The van der Waals surface area contributed by atoms with Gasteiger partial charge in [0.2, 0.25) is 0 Å². The third-order valence-electron chi connectivity index (χ3n) is 3.95. The number of aliphatic hydroxyl groups is 2. The molecule has 0 bridgehead atoms. The van der Waals surface area contributed by atoms with Crippen molar-refractivity contribution >= 4 is 5.69 Å². The predicted octanol–water partition coefficient (Wildman–Crippen LogP) is 1.99. The summed E-state index contributed by atoms with van der Waals surface area (Å²) in [5, 5.41) is 18.4. The van der Waals surface area contributed by atoms with Crippen molar-refractivity contribution in [2.24, 2.45) is 5.92 Å². The second-order valence-corrected chi connectivity index (χ2v) is 5.29. The molecule has 2 N–H and O–H groups in total. The average molecular weight is 249 g/mol. The topological polar surface area (TPSA) is 43.7 Å². The zero-order valence-electron chi connectivity index (χ0n) is 11.0. The summed E-state index contributed by atoms with van der Waals surface area (Å²) in [7, 11) is 0. The first-order chi connectivity index (χ1) is 8.74. The number of nitrogens with zero attached hydrogens (tertiary/aromatic N) is 1. The van der Waals surface area contributed by atoms with E-state index in [1.165, 1.54) is 11.3 Å². The maximum atomic E-state index is 9.21. The molecule has 1 heterocycles. The molecule has 1 aliphatic rings. The van der Waals surface area contributed by atoms with Crippen LogP contribution in [0.2, 0.25) is 0 Å². The largest absolute Gasteiger partial charge is 0.396 e. The van der Waals surface area contributed by atoms with Crippen molar-refractivity contribution < 1.29 is 10.2 Å². The van der Waals surface area contributed by atoms with Crippen LogP contribution in [-0.2, 0) is 0 Å². The van der Waals surface area contributed by atoms with Gasteiger partial charge < -0.3 is 15.1 Å². The summed E-state index contributed by atoms with van der Waals surface area (Å²) in [6.45, 7) is 4.58. The molecule has 1 aromatic rings. The van der Waals surface area contributed by atoms with Gasteiger partial charge >= 0.3 is 0 Å². The average Bonchev–Trinajstić information content (AvgIpc) is 2.46. The van der Waals surface area contributed by atoms with Crippen LogP contribution in [0.5, 0.6) is 0 Å². The van der Waals surface area contributed by atoms with Crippen LogP contribution in [0.1, 0.15) is 31.2 Å². The van der Waals surface area contributed by atoms with Gasteiger partial charge in [0.25, 0.3) is 0 Å². The first-order valence-corrected chi connectivity index (χ1v) is 6.81. The van der Waals surface area contributed by atoms with Crippen molar-refractivity contribution in [3.05, 3.63) is 29.8 Å². The molecule has 0 saturated carbocycles. The smallest absolute Gasteiger partial charge is 0.0497 e. The lowest BCUT2D eigenvalue weighted by Crippen LogP contribution is -2.34. The van der Waals surface area contributed by atoms with Crippen molar-refractivity contribution in [2.75, 3.05) is 31.2 Å². The fourth-order valence-electron chi connectivity index (χ4n) is 2.51. The molecule has 1 aromatic carbocycles.